The van der Waals surface area contributed by atoms with E-state index in [0.29, 0.717) is 41.3 Å². The molecule has 2 aromatic rings. The van der Waals surface area contributed by atoms with Gasteiger partial charge in [-0.05, 0) is 63.5 Å². The van der Waals surface area contributed by atoms with Crippen LogP contribution in [0.5, 0.6) is 17.2 Å². The number of ether oxygens (including phenoxy) is 3. The van der Waals surface area contributed by atoms with Crippen LogP contribution in [-0.4, -0.2) is 75.1 Å². The smallest absolute Gasteiger partial charge is 0.295 e. The van der Waals surface area contributed by atoms with Crippen molar-refractivity contribution >= 4 is 17.4 Å². The van der Waals surface area contributed by atoms with E-state index in [1.54, 1.807) is 56.7 Å². The number of Topliss-reactive ketones (excluding diaryl/α,β-unsaturated/α-hetero) is 1. The summed E-state index contributed by atoms with van der Waals surface area (Å²) in [6, 6.07) is 11.1. The molecule has 1 heterocycles. The van der Waals surface area contributed by atoms with Gasteiger partial charge < -0.3 is 29.1 Å². The lowest BCUT2D eigenvalue weighted by molar-refractivity contribution is -0.140. The van der Waals surface area contributed by atoms with Gasteiger partial charge in [0, 0.05) is 23.7 Å². The number of likely N-dealkylation sites (tertiary alicyclic amines) is 1. The summed E-state index contributed by atoms with van der Waals surface area (Å²) < 4.78 is 16.0. The maximum atomic E-state index is 13.1. The summed E-state index contributed by atoms with van der Waals surface area (Å²) in [6.45, 7) is 1.09. The van der Waals surface area contributed by atoms with Crippen LogP contribution in [0, 0.1) is 0 Å². The van der Waals surface area contributed by atoms with Gasteiger partial charge in [0.1, 0.15) is 23.0 Å². The second kappa shape index (κ2) is 10.4. The number of nitrogens with zero attached hydrogens (tertiary/aromatic N) is 2. The fourth-order valence-corrected chi connectivity index (χ4v) is 3.94. The zero-order chi connectivity index (χ0) is 24.1. The number of amides is 1. The minimum Gasteiger partial charge on any atom is -0.507 e. The summed E-state index contributed by atoms with van der Waals surface area (Å²) >= 11 is 0. The predicted molar refractivity (Wildman–Crippen MR) is 125 cm³/mol. The van der Waals surface area contributed by atoms with Crippen molar-refractivity contribution in [2.45, 2.75) is 12.5 Å². The number of benzene rings is 2. The number of methoxy groups -OCH3 is 3. The van der Waals surface area contributed by atoms with Gasteiger partial charge in [0.2, 0.25) is 0 Å². The van der Waals surface area contributed by atoms with Gasteiger partial charge in [-0.2, -0.15) is 0 Å². The molecular weight excluding hydrogens is 424 g/mol. The van der Waals surface area contributed by atoms with Crippen molar-refractivity contribution in [2.24, 2.45) is 0 Å². The Kier molecular flexibility index (Phi) is 7.60. The van der Waals surface area contributed by atoms with E-state index in [-0.39, 0.29) is 11.3 Å². The molecular formula is C25H30N2O6. The first-order valence-electron chi connectivity index (χ1n) is 10.6. The highest BCUT2D eigenvalue weighted by Crippen LogP contribution is 2.43. The van der Waals surface area contributed by atoms with Crippen LogP contribution in [0.25, 0.3) is 5.76 Å². The van der Waals surface area contributed by atoms with E-state index in [2.05, 4.69) is 0 Å². The summed E-state index contributed by atoms with van der Waals surface area (Å²) in [7, 11) is 8.50. The Morgan fingerprint density at radius 1 is 0.970 bits per heavy atom. The van der Waals surface area contributed by atoms with Crippen LogP contribution < -0.4 is 14.2 Å². The summed E-state index contributed by atoms with van der Waals surface area (Å²) in [6.07, 6.45) is 0.664. The second-order valence-corrected chi connectivity index (χ2v) is 7.99. The molecule has 8 heteroatoms. The summed E-state index contributed by atoms with van der Waals surface area (Å²) in [5.41, 5.74) is 1.04. The van der Waals surface area contributed by atoms with Gasteiger partial charge in [0.05, 0.1) is 32.9 Å². The Balaban J connectivity index is 2.15. The monoisotopic (exact) mass is 454 g/mol. The molecule has 8 nitrogen and oxygen atoms in total. The number of carbonyl (C=O) groups is 2. The van der Waals surface area contributed by atoms with Gasteiger partial charge in [-0.3, -0.25) is 9.59 Å². The van der Waals surface area contributed by atoms with Gasteiger partial charge in [-0.1, -0.05) is 0 Å². The molecule has 0 aliphatic carbocycles. The molecule has 1 amide bonds. The molecule has 1 atom stereocenters. The third-order valence-corrected chi connectivity index (χ3v) is 5.64. The number of aliphatic hydroxyl groups is 1. The minimum atomic E-state index is -0.796. The maximum absolute atomic E-state index is 13.1. The van der Waals surface area contributed by atoms with Crippen LogP contribution in [0.15, 0.2) is 48.0 Å². The summed E-state index contributed by atoms with van der Waals surface area (Å²) in [5.74, 6) is 0.0376. The van der Waals surface area contributed by atoms with Crippen molar-refractivity contribution < 1.29 is 28.9 Å². The number of aliphatic hydroxyl groups excluding tert-OH is 1. The highest BCUT2D eigenvalue weighted by Gasteiger charge is 2.46. The summed E-state index contributed by atoms with van der Waals surface area (Å²) in [4.78, 5) is 29.7. The molecule has 0 radical (unpaired) electrons. The molecule has 1 aliphatic heterocycles. The minimum absolute atomic E-state index is 0.0264. The molecule has 1 saturated heterocycles. The number of hydrogen-bond donors (Lipinski definition) is 1. The zero-order valence-electron chi connectivity index (χ0n) is 19.6. The van der Waals surface area contributed by atoms with Gasteiger partial charge in [-0.15, -0.1) is 0 Å². The van der Waals surface area contributed by atoms with Crippen molar-refractivity contribution in [1.29, 1.82) is 0 Å². The zero-order valence-corrected chi connectivity index (χ0v) is 19.6. The fourth-order valence-electron chi connectivity index (χ4n) is 3.94. The third-order valence-electron chi connectivity index (χ3n) is 5.64. The van der Waals surface area contributed by atoms with E-state index in [9.17, 15) is 14.7 Å². The Hall–Kier alpha value is -3.52. The Morgan fingerprint density at radius 3 is 2.18 bits per heavy atom. The normalized spacial score (nSPS) is 17.5. The number of rotatable bonds is 9. The second-order valence-electron chi connectivity index (χ2n) is 7.99. The van der Waals surface area contributed by atoms with Crippen LogP contribution in [0.1, 0.15) is 23.6 Å². The van der Waals surface area contributed by atoms with Crippen molar-refractivity contribution in [2.75, 3.05) is 48.5 Å². The van der Waals surface area contributed by atoms with E-state index in [1.165, 1.54) is 12.0 Å². The highest BCUT2D eigenvalue weighted by molar-refractivity contribution is 6.46. The van der Waals surface area contributed by atoms with Crippen molar-refractivity contribution in [3.8, 4) is 17.2 Å². The van der Waals surface area contributed by atoms with E-state index in [0.717, 1.165) is 6.54 Å². The molecule has 3 rings (SSSR count). The maximum Gasteiger partial charge on any atom is 0.295 e. The van der Waals surface area contributed by atoms with Gasteiger partial charge in [0.25, 0.3) is 11.7 Å². The molecule has 0 bridgehead atoms. The van der Waals surface area contributed by atoms with Crippen LogP contribution in [0.4, 0.5) is 0 Å². The van der Waals surface area contributed by atoms with E-state index < -0.39 is 17.7 Å². The third kappa shape index (κ3) is 4.96. The molecule has 2 aromatic carbocycles. The Labute approximate surface area is 194 Å². The van der Waals surface area contributed by atoms with Crippen LogP contribution in [0.2, 0.25) is 0 Å². The topological polar surface area (TPSA) is 88.5 Å². The van der Waals surface area contributed by atoms with Crippen LogP contribution in [-0.2, 0) is 9.59 Å². The number of hydrogen-bond acceptors (Lipinski definition) is 7. The number of ketones is 1. The molecule has 176 valence electrons. The van der Waals surface area contributed by atoms with Crippen LogP contribution in [0.3, 0.4) is 0 Å². The van der Waals surface area contributed by atoms with E-state index in [1.807, 2.05) is 19.0 Å². The first-order chi connectivity index (χ1) is 15.8. The lowest BCUT2D eigenvalue weighted by Gasteiger charge is -2.27. The first-order valence-corrected chi connectivity index (χ1v) is 10.6. The average molecular weight is 455 g/mol. The molecule has 0 aromatic heterocycles. The lowest BCUT2D eigenvalue weighted by atomic mass is 9.94. The lowest BCUT2D eigenvalue weighted by Crippen LogP contribution is -2.32. The largest absolute Gasteiger partial charge is 0.507 e. The van der Waals surface area contributed by atoms with Crippen molar-refractivity contribution in [3.63, 3.8) is 0 Å². The number of carbonyl (C=O) groups excluding carboxylic acids is 2. The molecule has 0 saturated carbocycles. The highest BCUT2D eigenvalue weighted by atomic mass is 16.5. The van der Waals surface area contributed by atoms with Crippen molar-refractivity contribution in [3.05, 3.63) is 59.2 Å². The van der Waals surface area contributed by atoms with Crippen molar-refractivity contribution in [1.82, 2.24) is 9.80 Å². The molecule has 33 heavy (non-hydrogen) atoms. The molecule has 0 unspecified atom stereocenters. The van der Waals surface area contributed by atoms with E-state index in [4.69, 9.17) is 14.2 Å². The Morgan fingerprint density at radius 2 is 1.61 bits per heavy atom. The quantitative estimate of drug-likeness (QED) is 0.354. The first kappa shape index (κ1) is 24.1. The average Bonchev–Trinajstić information content (AvgIpc) is 3.07. The standard InChI is InChI=1S/C25H30N2O6/c1-26(2)13-6-14-27-22(19-12-11-18(32-4)15-20(19)33-5)21(24(29)25(27)30)23(28)16-7-9-17(31-3)10-8-16/h7-12,15,22,28H,6,13-14H2,1-5H3/t22-/m1/s1. The van der Waals surface area contributed by atoms with Gasteiger partial charge in [-0.25, -0.2) is 0 Å². The van der Waals surface area contributed by atoms with Crippen LogP contribution >= 0.6 is 0 Å². The molecule has 0 spiro atoms. The van der Waals surface area contributed by atoms with Gasteiger partial charge >= 0.3 is 0 Å². The Bertz CT molecular complexity index is 1050. The van der Waals surface area contributed by atoms with Gasteiger partial charge in [0.15, 0.2) is 0 Å². The predicted octanol–water partition coefficient (Wildman–Crippen LogP) is 3.09. The summed E-state index contributed by atoms with van der Waals surface area (Å²) in [5, 5.41) is 11.2. The van der Waals surface area contributed by atoms with E-state index >= 15 is 0 Å². The SMILES string of the molecule is COc1ccc(C(O)=C2C(=O)C(=O)N(CCCN(C)C)[C@@H]2c2ccc(OC)cc2OC)cc1. The fraction of sp³-hybridized carbons (Fsp3) is 0.360. The molecule has 1 aliphatic rings. The molecule has 1 N–H and O–H groups in total. The molecule has 1 fully saturated rings.